The normalized spacial score (nSPS) is 20.8. The number of halogens is 4. The molecule has 2 atom stereocenters. The Bertz CT molecular complexity index is 523. The predicted molar refractivity (Wildman–Crippen MR) is 87.3 cm³/mol. The molecule has 2 unspecified atom stereocenters. The van der Waals surface area contributed by atoms with Crippen LogP contribution in [0.15, 0.2) is 24.3 Å². The van der Waals surface area contributed by atoms with Crippen LogP contribution in [0.2, 0.25) is 0 Å². The van der Waals surface area contributed by atoms with Crippen molar-refractivity contribution in [2.45, 2.75) is 51.1 Å². The van der Waals surface area contributed by atoms with Gasteiger partial charge in [0.1, 0.15) is 5.75 Å². The lowest BCUT2D eigenvalue weighted by atomic mass is 9.99. The highest BCUT2D eigenvalue weighted by Crippen LogP contribution is 2.23. The molecule has 1 aliphatic heterocycles. The smallest absolute Gasteiger partial charge is 0.406 e. The van der Waals surface area contributed by atoms with E-state index in [4.69, 9.17) is 0 Å². The van der Waals surface area contributed by atoms with E-state index in [9.17, 15) is 18.0 Å². The molecule has 0 radical (unpaired) electrons. The van der Waals surface area contributed by atoms with Crippen LogP contribution in [-0.2, 0) is 11.2 Å². The van der Waals surface area contributed by atoms with Crippen LogP contribution in [0.1, 0.15) is 31.7 Å². The Morgan fingerprint density at radius 1 is 1.33 bits per heavy atom. The predicted octanol–water partition coefficient (Wildman–Crippen LogP) is 3.20. The van der Waals surface area contributed by atoms with E-state index in [0.717, 1.165) is 24.9 Å². The number of benzene rings is 1. The van der Waals surface area contributed by atoms with Gasteiger partial charge in [0.05, 0.1) is 0 Å². The standard InChI is InChI=1S/C16H21F3N2O2.ClH/c1-11-14(3-2-10-20-11)21-15(22)9-6-12-4-7-13(8-5-12)23-16(17,18)19;/h4-5,7-8,11,14,20H,2-3,6,9-10H2,1H3,(H,21,22);1H. The zero-order chi connectivity index (χ0) is 16.9. The number of alkyl halides is 3. The highest BCUT2D eigenvalue weighted by molar-refractivity contribution is 5.85. The van der Waals surface area contributed by atoms with E-state index in [1.807, 2.05) is 6.92 Å². The molecule has 136 valence electrons. The molecule has 1 amide bonds. The van der Waals surface area contributed by atoms with Crippen LogP contribution in [0.25, 0.3) is 0 Å². The Kier molecular flexibility index (Phi) is 7.83. The minimum Gasteiger partial charge on any atom is -0.406 e. The summed E-state index contributed by atoms with van der Waals surface area (Å²) in [5.74, 6) is -0.297. The van der Waals surface area contributed by atoms with Gasteiger partial charge in [0.25, 0.3) is 0 Å². The lowest BCUT2D eigenvalue weighted by molar-refractivity contribution is -0.274. The summed E-state index contributed by atoms with van der Waals surface area (Å²) in [5, 5.41) is 6.32. The van der Waals surface area contributed by atoms with Crippen molar-refractivity contribution >= 4 is 18.3 Å². The van der Waals surface area contributed by atoms with E-state index >= 15 is 0 Å². The molecule has 1 saturated heterocycles. The van der Waals surface area contributed by atoms with Gasteiger partial charge in [-0.3, -0.25) is 4.79 Å². The first-order chi connectivity index (χ1) is 10.8. The Balaban J connectivity index is 0.00000288. The topological polar surface area (TPSA) is 50.4 Å². The molecule has 1 heterocycles. The molecule has 0 bridgehead atoms. The quantitative estimate of drug-likeness (QED) is 0.841. The monoisotopic (exact) mass is 366 g/mol. The molecule has 0 spiro atoms. The fourth-order valence-electron chi connectivity index (χ4n) is 2.64. The van der Waals surface area contributed by atoms with Gasteiger partial charge < -0.3 is 15.4 Å². The van der Waals surface area contributed by atoms with Gasteiger partial charge in [-0.25, -0.2) is 0 Å². The van der Waals surface area contributed by atoms with Crippen molar-refractivity contribution in [1.29, 1.82) is 0 Å². The van der Waals surface area contributed by atoms with Gasteiger partial charge in [-0.1, -0.05) is 12.1 Å². The van der Waals surface area contributed by atoms with Gasteiger partial charge >= 0.3 is 6.36 Å². The second kappa shape index (κ2) is 9.13. The summed E-state index contributed by atoms with van der Waals surface area (Å²) < 4.78 is 40.0. The maximum atomic E-state index is 12.1. The molecule has 4 nitrogen and oxygen atoms in total. The summed E-state index contributed by atoms with van der Waals surface area (Å²) >= 11 is 0. The van der Waals surface area contributed by atoms with E-state index < -0.39 is 6.36 Å². The first-order valence-corrected chi connectivity index (χ1v) is 7.71. The van der Waals surface area contributed by atoms with Gasteiger partial charge in [0.2, 0.25) is 5.91 Å². The summed E-state index contributed by atoms with van der Waals surface area (Å²) in [4.78, 5) is 12.0. The number of nitrogens with one attached hydrogen (secondary N) is 2. The molecule has 24 heavy (non-hydrogen) atoms. The lowest BCUT2D eigenvalue weighted by Gasteiger charge is -2.30. The maximum Gasteiger partial charge on any atom is 0.573 e. The number of rotatable bonds is 5. The Hall–Kier alpha value is -1.47. The number of carbonyl (C=O) groups is 1. The molecule has 1 aliphatic rings. The molecule has 1 fully saturated rings. The number of piperidine rings is 1. The summed E-state index contributed by atoms with van der Waals surface area (Å²) in [7, 11) is 0. The Labute approximate surface area is 145 Å². The van der Waals surface area contributed by atoms with Crippen molar-refractivity contribution in [2.75, 3.05) is 6.54 Å². The first-order valence-electron chi connectivity index (χ1n) is 7.71. The molecular weight excluding hydrogens is 345 g/mol. The molecule has 2 N–H and O–H groups in total. The van der Waals surface area contributed by atoms with E-state index in [-0.39, 0.29) is 36.1 Å². The van der Waals surface area contributed by atoms with E-state index in [1.54, 1.807) is 12.1 Å². The van der Waals surface area contributed by atoms with Crippen LogP contribution in [0.4, 0.5) is 13.2 Å². The van der Waals surface area contributed by atoms with Crippen molar-refractivity contribution < 1.29 is 22.7 Å². The van der Waals surface area contributed by atoms with Crippen molar-refractivity contribution in [3.63, 3.8) is 0 Å². The Morgan fingerprint density at radius 3 is 2.58 bits per heavy atom. The summed E-state index contributed by atoms with van der Waals surface area (Å²) in [6, 6.07) is 5.99. The molecule has 1 aromatic carbocycles. The summed E-state index contributed by atoms with van der Waals surface area (Å²) in [5.41, 5.74) is 0.796. The number of amides is 1. The van der Waals surface area contributed by atoms with Crippen LogP contribution in [-0.4, -0.2) is 30.9 Å². The molecule has 0 aromatic heterocycles. The molecule has 0 saturated carbocycles. The summed E-state index contributed by atoms with van der Waals surface area (Å²) in [6.45, 7) is 3.02. The third kappa shape index (κ3) is 6.97. The fraction of sp³-hybridized carbons (Fsp3) is 0.562. The van der Waals surface area contributed by atoms with E-state index in [2.05, 4.69) is 15.4 Å². The van der Waals surface area contributed by atoms with Gasteiger partial charge in [-0.05, 0) is 50.4 Å². The molecule has 8 heteroatoms. The second-order valence-corrected chi connectivity index (χ2v) is 5.75. The SMILES string of the molecule is CC1NCCCC1NC(=O)CCc1ccc(OC(F)(F)F)cc1.Cl. The number of hydrogen-bond acceptors (Lipinski definition) is 3. The van der Waals surface area contributed by atoms with Crippen LogP contribution in [0.5, 0.6) is 5.75 Å². The average molecular weight is 367 g/mol. The van der Waals surface area contributed by atoms with Crippen LogP contribution in [0, 0.1) is 0 Å². The van der Waals surface area contributed by atoms with Gasteiger partial charge in [0, 0.05) is 18.5 Å². The number of ether oxygens (including phenoxy) is 1. The van der Waals surface area contributed by atoms with Crippen molar-refractivity contribution in [3.8, 4) is 5.75 Å². The second-order valence-electron chi connectivity index (χ2n) is 5.75. The zero-order valence-electron chi connectivity index (χ0n) is 13.4. The third-order valence-electron chi connectivity index (χ3n) is 3.91. The number of carbonyl (C=O) groups excluding carboxylic acids is 1. The zero-order valence-corrected chi connectivity index (χ0v) is 14.2. The van der Waals surface area contributed by atoms with Crippen LogP contribution < -0.4 is 15.4 Å². The van der Waals surface area contributed by atoms with Crippen molar-refractivity contribution in [1.82, 2.24) is 10.6 Å². The van der Waals surface area contributed by atoms with Gasteiger partial charge in [-0.15, -0.1) is 25.6 Å². The van der Waals surface area contributed by atoms with E-state index in [0.29, 0.717) is 12.8 Å². The minimum atomic E-state index is -4.69. The average Bonchev–Trinajstić information content (AvgIpc) is 2.47. The molecular formula is C16H22ClF3N2O2. The van der Waals surface area contributed by atoms with Crippen LogP contribution >= 0.6 is 12.4 Å². The molecule has 0 aliphatic carbocycles. The van der Waals surface area contributed by atoms with E-state index in [1.165, 1.54) is 12.1 Å². The summed E-state index contributed by atoms with van der Waals surface area (Å²) in [6.07, 6.45) is -1.90. The number of aryl methyl sites for hydroxylation is 1. The van der Waals surface area contributed by atoms with Gasteiger partial charge in [-0.2, -0.15) is 0 Å². The maximum absolute atomic E-state index is 12.1. The highest BCUT2D eigenvalue weighted by Gasteiger charge is 2.31. The highest BCUT2D eigenvalue weighted by atomic mass is 35.5. The molecule has 2 rings (SSSR count). The lowest BCUT2D eigenvalue weighted by Crippen LogP contribution is -2.51. The fourth-order valence-corrected chi connectivity index (χ4v) is 2.64. The minimum absolute atomic E-state index is 0. The van der Waals surface area contributed by atoms with Crippen molar-refractivity contribution in [2.24, 2.45) is 0 Å². The van der Waals surface area contributed by atoms with Crippen molar-refractivity contribution in [3.05, 3.63) is 29.8 Å². The largest absolute Gasteiger partial charge is 0.573 e. The molecule has 1 aromatic rings. The number of hydrogen-bond donors (Lipinski definition) is 2. The third-order valence-corrected chi connectivity index (χ3v) is 3.91. The van der Waals surface area contributed by atoms with Crippen LogP contribution in [0.3, 0.4) is 0 Å². The Morgan fingerprint density at radius 2 is 2.00 bits per heavy atom. The first kappa shape index (κ1) is 20.6. The van der Waals surface area contributed by atoms with Gasteiger partial charge in [0.15, 0.2) is 0 Å².